The van der Waals surface area contributed by atoms with E-state index in [1.807, 2.05) is 12.1 Å². The summed E-state index contributed by atoms with van der Waals surface area (Å²) in [4.78, 5) is 29.0. The van der Waals surface area contributed by atoms with Gasteiger partial charge in [-0.05, 0) is 55.8 Å². The van der Waals surface area contributed by atoms with Gasteiger partial charge in [-0.2, -0.15) is 0 Å². The molecule has 0 unspecified atom stereocenters. The summed E-state index contributed by atoms with van der Waals surface area (Å²) in [5.41, 5.74) is 2.27. The summed E-state index contributed by atoms with van der Waals surface area (Å²) in [6.45, 7) is 4.40. The van der Waals surface area contributed by atoms with E-state index >= 15 is 0 Å². The van der Waals surface area contributed by atoms with Crippen molar-refractivity contribution in [3.63, 3.8) is 0 Å². The number of β-amino-alcohol motifs (C(OH)–C–C–N with tert-alkyl or cyclic N) is 1. The third-order valence-corrected chi connectivity index (χ3v) is 7.35. The Labute approximate surface area is 196 Å². The number of hydrogen-bond donors (Lipinski definition) is 1. The van der Waals surface area contributed by atoms with Gasteiger partial charge in [-0.1, -0.05) is 6.07 Å². The van der Waals surface area contributed by atoms with Crippen molar-refractivity contribution in [1.82, 2.24) is 30.0 Å². The second kappa shape index (κ2) is 8.80. The number of likely N-dealkylation sites (tertiary alicyclic amines) is 2. The Bertz CT molecular complexity index is 1120. The molecular weight excluding hydrogens is 440 g/mol. The van der Waals surface area contributed by atoms with Crippen LogP contribution in [0.3, 0.4) is 0 Å². The molecule has 1 atom stereocenters. The molecule has 3 aliphatic rings. The Hall–Kier alpha value is -3.31. The number of cyclic esters (lactones) is 1. The van der Waals surface area contributed by atoms with Crippen LogP contribution in [0.5, 0.6) is 5.75 Å². The fourth-order valence-corrected chi connectivity index (χ4v) is 5.19. The minimum absolute atomic E-state index is 0.0974. The maximum absolute atomic E-state index is 13.3. The molecule has 0 radical (unpaired) electrons. The highest BCUT2D eigenvalue weighted by Crippen LogP contribution is 2.44. The maximum Gasteiger partial charge on any atom is 0.336 e. The summed E-state index contributed by atoms with van der Waals surface area (Å²) in [5, 5.41) is 22.1. The average molecular weight is 469 g/mol. The Kier molecular flexibility index (Phi) is 5.82. The minimum Gasteiger partial charge on any atom is -0.496 e. The minimum atomic E-state index is -0.739. The quantitative estimate of drug-likeness (QED) is 0.615. The lowest BCUT2D eigenvalue weighted by atomic mass is 9.77. The third kappa shape index (κ3) is 3.84. The normalized spacial score (nSPS) is 21.4. The van der Waals surface area contributed by atoms with Crippen LogP contribution in [0.4, 0.5) is 0 Å². The first-order valence-corrected chi connectivity index (χ1v) is 11.4. The number of aliphatic hydroxyl groups is 1. The average Bonchev–Trinajstić information content (AvgIpc) is 3.57. The number of benzene rings is 1. The van der Waals surface area contributed by atoms with Crippen molar-refractivity contribution in [2.24, 2.45) is 5.41 Å². The molecule has 3 aliphatic heterocycles. The van der Waals surface area contributed by atoms with Gasteiger partial charge in [0.05, 0.1) is 35.6 Å². The largest absolute Gasteiger partial charge is 0.496 e. The van der Waals surface area contributed by atoms with Crippen LogP contribution < -0.4 is 4.74 Å². The number of rotatable bonds is 6. The standard InChI is InChI=1S/C23H28N6O5/c1-15-18(13-34-21(15)31)28-10-7-23(22(28)32)5-8-27(9-6-23)12-19(30)17-4-3-16(11-20(17)33-2)29-14-24-25-26-29/h3-4,11,14,19,30H,5-10,12-13H2,1-2H3/t19-/m0/s1. The van der Waals surface area contributed by atoms with Gasteiger partial charge in [0.25, 0.3) is 0 Å². The Balaban J connectivity index is 1.22. The number of aliphatic hydroxyl groups excluding tert-OH is 1. The van der Waals surface area contributed by atoms with Gasteiger partial charge in [0.2, 0.25) is 5.91 Å². The van der Waals surface area contributed by atoms with Crippen molar-refractivity contribution < 1.29 is 24.2 Å². The van der Waals surface area contributed by atoms with Gasteiger partial charge >= 0.3 is 5.97 Å². The van der Waals surface area contributed by atoms with Gasteiger partial charge in [0.15, 0.2) is 0 Å². The highest BCUT2D eigenvalue weighted by molar-refractivity contribution is 5.94. The molecule has 1 N–H and O–H groups in total. The van der Waals surface area contributed by atoms with E-state index in [9.17, 15) is 14.7 Å². The molecule has 1 amide bonds. The van der Waals surface area contributed by atoms with E-state index in [0.29, 0.717) is 35.7 Å². The van der Waals surface area contributed by atoms with E-state index in [4.69, 9.17) is 9.47 Å². The van der Waals surface area contributed by atoms with Gasteiger partial charge in [-0.15, -0.1) is 5.10 Å². The molecule has 4 heterocycles. The zero-order valence-electron chi connectivity index (χ0n) is 19.3. The number of nitrogens with zero attached hydrogens (tertiary/aromatic N) is 6. The van der Waals surface area contributed by atoms with E-state index in [1.54, 1.807) is 25.0 Å². The van der Waals surface area contributed by atoms with E-state index < -0.39 is 11.5 Å². The van der Waals surface area contributed by atoms with Crippen molar-refractivity contribution in [1.29, 1.82) is 0 Å². The number of piperidine rings is 1. The number of aromatic nitrogens is 4. The summed E-state index contributed by atoms with van der Waals surface area (Å²) in [6, 6.07) is 5.45. The molecular formula is C23H28N6O5. The summed E-state index contributed by atoms with van der Waals surface area (Å²) < 4.78 is 12.1. The molecule has 11 heteroatoms. The molecule has 34 heavy (non-hydrogen) atoms. The van der Waals surface area contributed by atoms with Gasteiger partial charge < -0.3 is 24.4 Å². The van der Waals surface area contributed by atoms with Gasteiger partial charge in [-0.3, -0.25) is 4.79 Å². The van der Waals surface area contributed by atoms with Crippen LogP contribution in [-0.4, -0.2) is 86.9 Å². The van der Waals surface area contributed by atoms with Crippen molar-refractivity contribution >= 4 is 11.9 Å². The van der Waals surface area contributed by atoms with Crippen LogP contribution >= 0.6 is 0 Å². The van der Waals surface area contributed by atoms with Gasteiger partial charge in [0, 0.05) is 24.7 Å². The molecule has 1 spiro atoms. The number of carbonyl (C=O) groups excluding carboxylic acids is 2. The Morgan fingerprint density at radius 3 is 2.62 bits per heavy atom. The molecule has 0 aliphatic carbocycles. The topological polar surface area (TPSA) is 123 Å². The summed E-state index contributed by atoms with van der Waals surface area (Å²) in [7, 11) is 1.57. The molecule has 180 valence electrons. The van der Waals surface area contributed by atoms with Crippen LogP contribution in [0.2, 0.25) is 0 Å². The predicted octanol–water partition coefficient (Wildman–Crippen LogP) is 0.850. The molecule has 2 aromatic rings. The van der Waals surface area contributed by atoms with Crippen LogP contribution in [-0.2, 0) is 14.3 Å². The lowest BCUT2D eigenvalue weighted by Gasteiger charge is -2.38. The molecule has 2 saturated heterocycles. The highest BCUT2D eigenvalue weighted by Gasteiger charge is 2.50. The zero-order valence-corrected chi connectivity index (χ0v) is 19.3. The lowest BCUT2D eigenvalue weighted by molar-refractivity contribution is -0.138. The third-order valence-electron chi connectivity index (χ3n) is 7.35. The molecule has 1 aromatic carbocycles. The van der Waals surface area contributed by atoms with Crippen LogP contribution in [0, 0.1) is 5.41 Å². The SMILES string of the molecule is COc1cc(-n2cnnn2)ccc1[C@@H](O)CN1CCC2(CC1)CCN(C1=C(C)C(=O)OC1)C2=O. The van der Waals surface area contributed by atoms with Crippen molar-refractivity contribution in [3.8, 4) is 11.4 Å². The fourth-order valence-electron chi connectivity index (χ4n) is 5.19. The summed E-state index contributed by atoms with van der Waals surface area (Å²) >= 11 is 0. The van der Waals surface area contributed by atoms with E-state index in [2.05, 4.69) is 20.4 Å². The maximum atomic E-state index is 13.3. The van der Waals surface area contributed by atoms with Gasteiger partial charge in [0.1, 0.15) is 18.7 Å². The number of amides is 1. The van der Waals surface area contributed by atoms with Crippen LogP contribution in [0.15, 0.2) is 35.8 Å². The number of esters is 1. The highest BCUT2D eigenvalue weighted by atomic mass is 16.5. The zero-order chi connectivity index (χ0) is 23.9. The second-order valence-electron chi connectivity index (χ2n) is 9.13. The predicted molar refractivity (Wildman–Crippen MR) is 119 cm³/mol. The monoisotopic (exact) mass is 468 g/mol. The smallest absolute Gasteiger partial charge is 0.336 e. The second-order valence-corrected chi connectivity index (χ2v) is 9.13. The summed E-state index contributed by atoms with van der Waals surface area (Å²) in [6.07, 6.45) is 2.99. The van der Waals surface area contributed by atoms with E-state index in [1.165, 1.54) is 11.0 Å². The first-order chi connectivity index (χ1) is 16.4. The lowest BCUT2D eigenvalue weighted by Crippen LogP contribution is -2.45. The number of ether oxygens (including phenoxy) is 2. The molecule has 0 saturated carbocycles. The number of carbonyl (C=O) groups is 2. The Morgan fingerprint density at radius 2 is 1.97 bits per heavy atom. The van der Waals surface area contributed by atoms with Crippen molar-refractivity contribution in [2.75, 3.05) is 39.9 Å². The molecule has 0 bridgehead atoms. The molecule has 2 fully saturated rings. The molecule has 5 rings (SSSR count). The fraction of sp³-hybridized carbons (Fsp3) is 0.522. The van der Waals surface area contributed by atoms with E-state index in [0.717, 1.165) is 38.0 Å². The molecule has 1 aromatic heterocycles. The first kappa shape index (κ1) is 22.5. The van der Waals surface area contributed by atoms with Gasteiger partial charge in [-0.25, -0.2) is 9.48 Å². The first-order valence-electron chi connectivity index (χ1n) is 11.4. The number of methoxy groups -OCH3 is 1. The number of tetrazole rings is 1. The van der Waals surface area contributed by atoms with Crippen molar-refractivity contribution in [2.45, 2.75) is 32.3 Å². The number of hydrogen-bond acceptors (Lipinski definition) is 9. The van der Waals surface area contributed by atoms with Crippen LogP contribution in [0.1, 0.15) is 37.9 Å². The van der Waals surface area contributed by atoms with Crippen LogP contribution in [0.25, 0.3) is 5.69 Å². The Morgan fingerprint density at radius 1 is 1.21 bits per heavy atom. The summed E-state index contributed by atoms with van der Waals surface area (Å²) in [5.74, 6) is 0.321. The van der Waals surface area contributed by atoms with Crippen molar-refractivity contribution in [3.05, 3.63) is 41.4 Å². The molecule has 11 nitrogen and oxygen atoms in total. The van der Waals surface area contributed by atoms with E-state index in [-0.39, 0.29) is 18.5 Å².